The molecule has 0 amide bonds. The largest absolute Gasteiger partial charge is 0.490 e. The van der Waals surface area contributed by atoms with E-state index in [2.05, 4.69) is 30.4 Å². The lowest BCUT2D eigenvalue weighted by atomic mass is 10.0. The molecule has 0 spiro atoms. The summed E-state index contributed by atoms with van der Waals surface area (Å²) in [4.78, 5) is 0. The predicted molar refractivity (Wildman–Crippen MR) is 77.6 cm³/mol. The molecule has 3 heteroatoms. The number of hydrogen-bond acceptors (Lipinski definition) is 3. The zero-order valence-corrected chi connectivity index (χ0v) is 12.0. The summed E-state index contributed by atoms with van der Waals surface area (Å²) in [6.45, 7) is 3.78. The van der Waals surface area contributed by atoms with E-state index in [4.69, 9.17) is 9.47 Å². The predicted octanol–water partition coefficient (Wildman–Crippen LogP) is 3.31. The maximum Gasteiger partial charge on any atom is 0.120 e. The van der Waals surface area contributed by atoms with Crippen LogP contribution in [0.5, 0.6) is 5.75 Å². The molecule has 1 aliphatic carbocycles. The maximum atomic E-state index is 5.84. The fourth-order valence-corrected chi connectivity index (χ4v) is 2.11. The second kappa shape index (κ2) is 7.51. The molecule has 0 heterocycles. The number of rotatable bonds is 9. The average molecular weight is 263 g/mol. The van der Waals surface area contributed by atoms with Gasteiger partial charge in [0.25, 0.3) is 0 Å². The molecule has 3 nitrogen and oxygen atoms in total. The second-order valence-corrected chi connectivity index (χ2v) is 5.13. The average Bonchev–Trinajstić information content (AvgIpc) is 3.23. The van der Waals surface area contributed by atoms with Gasteiger partial charge in [0.15, 0.2) is 0 Å². The van der Waals surface area contributed by atoms with Gasteiger partial charge in [-0.05, 0) is 50.4 Å². The molecule has 0 aromatic heterocycles. The first-order chi connectivity index (χ1) is 9.33. The van der Waals surface area contributed by atoms with Crippen molar-refractivity contribution in [3.05, 3.63) is 29.8 Å². The second-order valence-electron chi connectivity index (χ2n) is 5.13. The normalized spacial score (nSPS) is 16.3. The first-order valence-corrected chi connectivity index (χ1v) is 7.35. The topological polar surface area (TPSA) is 30.5 Å². The zero-order valence-electron chi connectivity index (χ0n) is 12.0. The Balaban J connectivity index is 1.88. The molecule has 0 saturated heterocycles. The summed E-state index contributed by atoms with van der Waals surface area (Å²) >= 11 is 0. The lowest BCUT2D eigenvalue weighted by Crippen LogP contribution is -2.18. The molecule has 0 radical (unpaired) electrons. The molecule has 1 aliphatic rings. The van der Waals surface area contributed by atoms with Gasteiger partial charge in [0.05, 0.1) is 6.10 Å². The lowest BCUT2D eigenvalue weighted by molar-refractivity contribution is 0.125. The van der Waals surface area contributed by atoms with Crippen LogP contribution in [0.15, 0.2) is 24.3 Å². The third-order valence-electron chi connectivity index (χ3n) is 3.34. The third-order valence-corrected chi connectivity index (χ3v) is 3.34. The number of ether oxygens (including phenoxy) is 2. The Hall–Kier alpha value is -1.06. The molecular weight excluding hydrogens is 238 g/mol. The third kappa shape index (κ3) is 4.84. The van der Waals surface area contributed by atoms with Gasteiger partial charge in [0.2, 0.25) is 0 Å². The standard InChI is InChI=1S/C16H25NO2/c1-3-10-18-11-9-16(17-2)13-5-4-6-15(12-13)19-14-7-8-14/h4-6,12,14,16-17H,3,7-11H2,1-2H3. The molecule has 1 aromatic rings. The van der Waals surface area contributed by atoms with Gasteiger partial charge < -0.3 is 14.8 Å². The molecule has 106 valence electrons. The minimum Gasteiger partial charge on any atom is -0.490 e. The summed E-state index contributed by atoms with van der Waals surface area (Å²) < 4.78 is 11.4. The van der Waals surface area contributed by atoms with Crippen molar-refractivity contribution in [2.24, 2.45) is 0 Å². The summed E-state index contributed by atoms with van der Waals surface area (Å²) in [5.41, 5.74) is 1.28. The van der Waals surface area contributed by atoms with Gasteiger partial charge in [-0.2, -0.15) is 0 Å². The quantitative estimate of drug-likeness (QED) is 0.693. The first-order valence-electron chi connectivity index (χ1n) is 7.35. The van der Waals surface area contributed by atoms with E-state index in [0.29, 0.717) is 12.1 Å². The van der Waals surface area contributed by atoms with Gasteiger partial charge in [-0.1, -0.05) is 19.1 Å². The lowest BCUT2D eigenvalue weighted by Gasteiger charge is -2.17. The van der Waals surface area contributed by atoms with Crippen molar-refractivity contribution < 1.29 is 9.47 Å². The van der Waals surface area contributed by atoms with Crippen molar-refractivity contribution in [2.45, 2.75) is 44.8 Å². The smallest absolute Gasteiger partial charge is 0.120 e. The van der Waals surface area contributed by atoms with E-state index in [-0.39, 0.29) is 0 Å². The Bertz CT molecular complexity index is 377. The first kappa shape index (κ1) is 14.4. The fourth-order valence-electron chi connectivity index (χ4n) is 2.11. The van der Waals surface area contributed by atoms with Crippen molar-refractivity contribution in [1.29, 1.82) is 0 Å². The van der Waals surface area contributed by atoms with Crippen LogP contribution in [0.25, 0.3) is 0 Å². The Morgan fingerprint density at radius 1 is 1.32 bits per heavy atom. The van der Waals surface area contributed by atoms with Crippen molar-refractivity contribution in [2.75, 3.05) is 20.3 Å². The van der Waals surface area contributed by atoms with Crippen LogP contribution >= 0.6 is 0 Å². The summed E-state index contributed by atoms with van der Waals surface area (Å²) in [6.07, 6.45) is 4.92. The number of benzene rings is 1. The van der Waals surface area contributed by atoms with Crippen LogP contribution in [-0.4, -0.2) is 26.4 Å². The van der Waals surface area contributed by atoms with Crippen LogP contribution in [0.4, 0.5) is 0 Å². The van der Waals surface area contributed by atoms with E-state index < -0.39 is 0 Å². The van der Waals surface area contributed by atoms with E-state index in [1.807, 2.05) is 13.1 Å². The summed E-state index contributed by atoms with van der Waals surface area (Å²) in [6, 6.07) is 8.76. The van der Waals surface area contributed by atoms with E-state index >= 15 is 0 Å². The van der Waals surface area contributed by atoms with E-state index in [1.165, 1.54) is 18.4 Å². The molecule has 1 atom stereocenters. The highest BCUT2D eigenvalue weighted by atomic mass is 16.5. The molecule has 19 heavy (non-hydrogen) atoms. The summed E-state index contributed by atoms with van der Waals surface area (Å²) in [5.74, 6) is 0.995. The SMILES string of the molecule is CCCOCCC(NC)c1cccc(OC2CC2)c1. The number of hydrogen-bond donors (Lipinski definition) is 1. The minimum atomic E-state index is 0.333. The van der Waals surface area contributed by atoms with Crippen molar-refractivity contribution in [1.82, 2.24) is 5.32 Å². The highest BCUT2D eigenvalue weighted by Gasteiger charge is 2.23. The van der Waals surface area contributed by atoms with Crippen molar-refractivity contribution >= 4 is 0 Å². The van der Waals surface area contributed by atoms with Gasteiger partial charge in [-0.3, -0.25) is 0 Å². The van der Waals surface area contributed by atoms with Gasteiger partial charge in [-0.25, -0.2) is 0 Å². The van der Waals surface area contributed by atoms with E-state index in [0.717, 1.165) is 31.8 Å². The maximum absolute atomic E-state index is 5.84. The fraction of sp³-hybridized carbons (Fsp3) is 0.625. The van der Waals surface area contributed by atoms with Crippen LogP contribution < -0.4 is 10.1 Å². The van der Waals surface area contributed by atoms with Crippen LogP contribution in [-0.2, 0) is 4.74 Å². The molecule has 0 aliphatic heterocycles. The molecule has 0 bridgehead atoms. The number of nitrogens with one attached hydrogen (secondary N) is 1. The molecule has 1 saturated carbocycles. The van der Waals surface area contributed by atoms with Crippen molar-refractivity contribution in [3.63, 3.8) is 0 Å². The highest BCUT2D eigenvalue weighted by Crippen LogP contribution is 2.28. The Kier molecular flexibility index (Phi) is 5.67. The zero-order chi connectivity index (χ0) is 13.5. The van der Waals surface area contributed by atoms with E-state index in [9.17, 15) is 0 Å². The van der Waals surface area contributed by atoms with Crippen LogP contribution in [0.3, 0.4) is 0 Å². The van der Waals surface area contributed by atoms with Gasteiger partial charge in [-0.15, -0.1) is 0 Å². The Morgan fingerprint density at radius 2 is 2.16 bits per heavy atom. The molecule has 1 aromatic carbocycles. The van der Waals surface area contributed by atoms with Gasteiger partial charge >= 0.3 is 0 Å². The molecular formula is C16H25NO2. The van der Waals surface area contributed by atoms with Crippen LogP contribution in [0.1, 0.15) is 44.2 Å². The van der Waals surface area contributed by atoms with Crippen LogP contribution in [0, 0.1) is 0 Å². The minimum absolute atomic E-state index is 0.333. The summed E-state index contributed by atoms with van der Waals surface area (Å²) in [7, 11) is 2.00. The highest BCUT2D eigenvalue weighted by molar-refractivity contribution is 5.31. The molecule has 1 N–H and O–H groups in total. The van der Waals surface area contributed by atoms with Gasteiger partial charge in [0, 0.05) is 19.3 Å². The molecule has 1 fully saturated rings. The van der Waals surface area contributed by atoms with Crippen molar-refractivity contribution in [3.8, 4) is 5.75 Å². The van der Waals surface area contributed by atoms with Gasteiger partial charge in [0.1, 0.15) is 5.75 Å². The van der Waals surface area contributed by atoms with E-state index in [1.54, 1.807) is 0 Å². The van der Waals surface area contributed by atoms with Crippen LogP contribution in [0.2, 0.25) is 0 Å². The molecule has 2 rings (SSSR count). The molecule has 1 unspecified atom stereocenters. The summed E-state index contributed by atoms with van der Waals surface area (Å²) in [5, 5.41) is 3.36. The Morgan fingerprint density at radius 3 is 2.84 bits per heavy atom. The Labute approximate surface area is 116 Å². The monoisotopic (exact) mass is 263 g/mol.